The van der Waals surface area contributed by atoms with Crippen LogP contribution in [0.1, 0.15) is 49.9 Å². The highest BCUT2D eigenvalue weighted by atomic mass is 14.4. The number of hydrogen-bond acceptors (Lipinski definition) is 0. The van der Waals surface area contributed by atoms with Crippen LogP contribution in [0.3, 0.4) is 0 Å². The van der Waals surface area contributed by atoms with Crippen molar-refractivity contribution in [1.29, 1.82) is 0 Å². The third-order valence-electron chi connectivity index (χ3n) is 26.4. The maximum Gasteiger partial charge on any atom is 0.0159 e. The zero-order chi connectivity index (χ0) is 78.5. The molecule has 552 valence electrons. The van der Waals surface area contributed by atoms with E-state index in [1.54, 1.807) is 0 Å². The fourth-order valence-corrected chi connectivity index (χ4v) is 20.9. The Morgan fingerprint density at radius 2 is 0.407 bits per heavy atom. The lowest BCUT2D eigenvalue weighted by molar-refractivity contribution is 0.661. The molecule has 0 unspecified atom stereocenters. The van der Waals surface area contributed by atoms with Gasteiger partial charge in [-0.1, -0.05) is 392 Å². The average molecular weight is 1500 g/mol. The van der Waals surface area contributed by atoms with E-state index in [9.17, 15) is 0 Å². The SMILES string of the molecule is CC1(C)c2cc3ccccc3cc2-c2c(-c3cccc(-c4c5ccccc5c(-c5ccc(-c6cc7ccccc7c7ccccc67)cc5)c5ccccc45)c3)cccc21.CC1(C)c2cc3ccccc3cc2-c2c(-c3cccc(-c4c5ccccc5c(-c5ccccc5-c5cc6ccccc6c6ccccc56)c5ccccc45)c3)cccc21. The summed E-state index contributed by atoms with van der Waals surface area (Å²) in [6.07, 6.45) is 0. The largest absolute Gasteiger partial charge is 0.0616 e. The summed E-state index contributed by atoms with van der Waals surface area (Å²) in [5.74, 6) is 0. The third kappa shape index (κ3) is 10.8. The van der Waals surface area contributed by atoms with Crippen LogP contribution in [0, 0.1) is 0 Å². The molecule has 0 heteroatoms. The molecule has 0 saturated carbocycles. The minimum absolute atomic E-state index is 0.0913. The second-order valence-corrected chi connectivity index (χ2v) is 33.5. The molecule has 0 N–H and O–H groups in total. The van der Waals surface area contributed by atoms with Gasteiger partial charge in [-0.25, -0.2) is 0 Å². The van der Waals surface area contributed by atoms with E-state index in [1.165, 1.54) is 241 Å². The van der Waals surface area contributed by atoms with E-state index in [0.29, 0.717) is 0 Å². The molecule has 22 aromatic carbocycles. The molecule has 0 heterocycles. The van der Waals surface area contributed by atoms with Crippen LogP contribution >= 0.6 is 0 Å². The summed E-state index contributed by atoms with van der Waals surface area (Å²) in [5, 5.41) is 25.5. The van der Waals surface area contributed by atoms with Crippen molar-refractivity contribution in [3.8, 4) is 111 Å². The van der Waals surface area contributed by atoms with Crippen molar-refractivity contribution >= 4 is 108 Å². The van der Waals surface area contributed by atoms with Gasteiger partial charge in [0.15, 0.2) is 0 Å². The maximum atomic E-state index is 2.44. The maximum absolute atomic E-state index is 2.44. The van der Waals surface area contributed by atoms with Gasteiger partial charge in [0.05, 0.1) is 0 Å². The lowest BCUT2D eigenvalue weighted by Gasteiger charge is -2.22. The van der Waals surface area contributed by atoms with E-state index in [-0.39, 0.29) is 10.8 Å². The van der Waals surface area contributed by atoms with Crippen molar-refractivity contribution in [1.82, 2.24) is 0 Å². The minimum atomic E-state index is -0.0972. The lowest BCUT2D eigenvalue weighted by Crippen LogP contribution is -2.14. The minimum Gasteiger partial charge on any atom is -0.0616 e. The number of benzene rings is 22. The molecule has 0 saturated heterocycles. The van der Waals surface area contributed by atoms with Crippen LogP contribution in [0.2, 0.25) is 0 Å². The van der Waals surface area contributed by atoms with Crippen molar-refractivity contribution in [2.24, 2.45) is 0 Å². The lowest BCUT2D eigenvalue weighted by atomic mass is 9.81. The molecule has 0 bridgehead atoms. The van der Waals surface area contributed by atoms with Crippen molar-refractivity contribution in [2.75, 3.05) is 0 Å². The summed E-state index contributed by atoms with van der Waals surface area (Å²) in [7, 11) is 0. The molecule has 0 aliphatic heterocycles. The van der Waals surface area contributed by atoms with Crippen molar-refractivity contribution < 1.29 is 0 Å². The van der Waals surface area contributed by atoms with Crippen LogP contribution in [0.25, 0.3) is 219 Å². The number of hydrogen-bond donors (Lipinski definition) is 0. The summed E-state index contributed by atoms with van der Waals surface area (Å²) in [5.41, 5.74) is 30.9. The normalized spacial score (nSPS) is 13.1. The summed E-state index contributed by atoms with van der Waals surface area (Å²) in [6, 6.07) is 154. The van der Waals surface area contributed by atoms with Crippen LogP contribution < -0.4 is 0 Å². The van der Waals surface area contributed by atoms with Gasteiger partial charge in [-0.2, -0.15) is 0 Å². The fourth-order valence-electron chi connectivity index (χ4n) is 20.9. The molecule has 0 nitrogen and oxygen atoms in total. The Balaban J connectivity index is 0.000000138. The zero-order valence-corrected chi connectivity index (χ0v) is 66.3. The van der Waals surface area contributed by atoms with E-state index >= 15 is 0 Å². The van der Waals surface area contributed by atoms with Crippen LogP contribution in [-0.2, 0) is 10.8 Å². The van der Waals surface area contributed by atoms with E-state index in [2.05, 4.69) is 440 Å². The molecule has 118 heavy (non-hydrogen) atoms. The van der Waals surface area contributed by atoms with Crippen molar-refractivity contribution in [3.63, 3.8) is 0 Å². The third-order valence-corrected chi connectivity index (χ3v) is 26.4. The monoisotopic (exact) mass is 1500 g/mol. The standard InChI is InChI=1S/2C59H40/c1-59(2)54-28-14-27-45(58(54)53-34-39-15-3-4-16-40(39)36-55(53)59)41-18-13-19-43(33-41)57-50-25-11-9-23-48(50)56(49-24-10-12-26-51(49)57)38-31-29-37(30-32-38)52-35-42-17-5-6-20-44(42)46-21-7-8-22-47(46)52;1-59(2)54-32-16-31-43(58(54)53-34-37-17-3-4-18-38(37)36-55(53)59)39-20-15-21-41(33-39)56-48-27-11-13-29-50(48)57(51-30-14-12-28-49(51)56)47-26-10-9-25-46(47)52-35-40-19-5-6-22-42(40)44-23-7-8-24-45(44)52/h2*3-36H,1-2H3. The predicted molar refractivity (Wildman–Crippen MR) is 507 cm³/mol. The van der Waals surface area contributed by atoms with Gasteiger partial charge in [0, 0.05) is 10.8 Å². The second kappa shape index (κ2) is 27.0. The van der Waals surface area contributed by atoms with Gasteiger partial charge in [-0.15, -0.1) is 0 Å². The molecule has 2 aliphatic rings. The van der Waals surface area contributed by atoms with Crippen LogP contribution in [0.4, 0.5) is 0 Å². The highest BCUT2D eigenvalue weighted by molar-refractivity contribution is 6.25. The Kier molecular flexibility index (Phi) is 15.8. The first kappa shape index (κ1) is 69.0. The Bertz CT molecular complexity index is 7860. The van der Waals surface area contributed by atoms with Gasteiger partial charge in [-0.3, -0.25) is 0 Å². The molecule has 0 atom stereocenters. The van der Waals surface area contributed by atoms with Crippen molar-refractivity contribution in [3.05, 3.63) is 435 Å². The first-order valence-corrected chi connectivity index (χ1v) is 41.5. The van der Waals surface area contributed by atoms with Gasteiger partial charge in [0.25, 0.3) is 0 Å². The molecule has 0 aromatic heterocycles. The molecule has 0 amide bonds. The molecular weight excluding hydrogens is 1420 g/mol. The molecular formula is C118H80. The average Bonchev–Trinajstić information content (AvgIpc) is 1.50. The van der Waals surface area contributed by atoms with Gasteiger partial charge in [0.1, 0.15) is 0 Å². The number of fused-ring (bicyclic) bond motifs is 18. The number of rotatable bonds is 8. The van der Waals surface area contributed by atoms with Crippen LogP contribution in [0.5, 0.6) is 0 Å². The molecule has 0 radical (unpaired) electrons. The summed E-state index contributed by atoms with van der Waals surface area (Å²) in [4.78, 5) is 0. The van der Waals surface area contributed by atoms with E-state index in [0.717, 1.165) is 0 Å². The first-order chi connectivity index (χ1) is 58.1. The van der Waals surface area contributed by atoms with Crippen LogP contribution in [-0.4, -0.2) is 0 Å². The topological polar surface area (TPSA) is 0 Å². The second-order valence-electron chi connectivity index (χ2n) is 33.5. The molecule has 0 spiro atoms. The van der Waals surface area contributed by atoms with Gasteiger partial charge in [-0.05, 0) is 290 Å². The quantitative estimate of drug-likeness (QED) is 0.105. The molecule has 0 fully saturated rings. The Hall–Kier alpha value is -14.6. The predicted octanol–water partition coefficient (Wildman–Crippen LogP) is 32.9. The molecule has 24 rings (SSSR count). The Morgan fingerprint density at radius 1 is 0.127 bits per heavy atom. The van der Waals surface area contributed by atoms with Gasteiger partial charge in [0.2, 0.25) is 0 Å². The highest BCUT2D eigenvalue weighted by Crippen LogP contribution is 2.57. The van der Waals surface area contributed by atoms with E-state index < -0.39 is 0 Å². The first-order valence-electron chi connectivity index (χ1n) is 41.5. The Labute approximate surface area is 687 Å². The zero-order valence-electron chi connectivity index (χ0n) is 66.3. The summed E-state index contributed by atoms with van der Waals surface area (Å²) >= 11 is 0. The molecule has 22 aromatic rings. The van der Waals surface area contributed by atoms with E-state index in [1.807, 2.05) is 0 Å². The summed E-state index contributed by atoms with van der Waals surface area (Å²) in [6.45, 7) is 9.52. The summed E-state index contributed by atoms with van der Waals surface area (Å²) < 4.78 is 0. The molecule has 2 aliphatic carbocycles. The van der Waals surface area contributed by atoms with Gasteiger partial charge < -0.3 is 0 Å². The van der Waals surface area contributed by atoms with Crippen LogP contribution in [0.15, 0.2) is 413 Å². The van der Waals surface area contributed by atoms with Gasteiger partial charge >= 0.3 is 0 Å². The van der Waals surface area contributed by atoms with Crippen molar-refractivity contribution in [2.45, 2.75) is 38.5 Å². The highest BCUT2D eigenvalue weighted by Gasteiger charge is 2.39. The fraction of sp³-hybridized carbons (Fsp3) is 0.0508. The smallest absolute Gasteiger partial charge is 0.0159 e. The Morgan fingerprint density at radius 3 is 0.831 bits per heavy atom. The van der Waals surface area contributed by atoms with E-state index in [4.69, 9.17) is 0 Å².